The van der Waals surface area contributed by atoms with E-state index < -0.39 is 5.91 Å². The van der Waals surface area contributed by atoms with Gasteiger partial charge in [0.15, 0.2) is 0 Å². The van der Waals surface area contributed by atoms with Crippen molar-refractivity contribution in [2.45, 2.75) is 6.92 Å². The van der Waals surface area contributed by atoms with Crippen LogP contribution < -0.4 is 15.2 Å². The van der Waals surface area contributed by atoms with Crippen molar-refractivity contribution in [2.75, 3.05) is 7.11 Å². The molecule has 0 unspecified atom stereocenters. The molecule has 1 amide bonds. The molecular weight excluding hydrogens is 261 g/mol. The van der Waals surface area contributed by atoms with Crippen LogP contribution in [0.2, 0.25) is 0 Å². The molecule has 4 nitrogen and oxygen atoms in total. The van der Waals surface area contributed by atoms with Crippen LogP contribution in [0.25, 0.3) is 0 Å². The fraction of sp³-hybridized carbons (Fsp3) is 0.133. The second-order valence-corrected chi connectivity index (χ2v) is 4.24. The fourth-order valence-corrected chi connectivity index (χ4v) is 1.76. The summed E-state index contributed by atoms with van der Waals surface area (Å²) >= 11 is 0. The Morgan fingerprint density at radius 3 is 2.50 bits per heavy atom. The normalized spacial score (nSPS) is 10.2. The first-order valence-electron chi connectivity index (χ1n) is 5.93. The number of ether oxygens (including phenoxy) is 2. The predicted octanol–water partition coefficient (Wildman–Crippen LogP) is 3.03. The van der Waals surface area contributed by atoms with Gasteiger partial charge in [-0.3, -0.25) is 4.79 Å². The lowest BCUT2D eigenvalue weighted by molar-refractivity contribution is 0.0998. The van der Waals surface area contributed by atoms with Crippen LogP contribution in [0, 0.1) is 12.7 Å². The number of amides is 1. The van der Waals surface area contributed by atoms with Crippen LogP contribution in [-0.2, 0) is 0 Å². The Hall–Kier alpha value is -2.56. The molecule has 2 aromatic rings. The minimum absolute atomic E-state index is 0.231. The SMILES string of the molecule is COc1ccc(C(N)=O)c(Oc2ccc(F)cc2C)c1. The highest BCUT2D eigenvalue weighted by molar-refractivity contribution is 5.96. The van der Waals surface area contributed by atoms with Gasteiger partial charge in [-0.2, -0.15) is 0 Å². The predicted molar refractivity (Wildman–Crippen MR) is 72.7 cm³/mol. The van der Waals surface area contributed by atoms with Gasteiger partial charge in [-0.15, -0.1) is 0 Å². The highest BCUT2D eigenvalue weighted by Gasteiger charge is 2.13. The maximum Gasteiger partial charge on any atom is 0.252 e. The Balaban J connectivity index is 2.43. The van der Waals surface area contributed by atoms with Crippen LogP contribution in [-0.4, -0.2) is 13.0 Å². The summed E-state index contributed by atoms with van der Waals surface area (Å²) in [6.07, 6.45) is 0. The highest BCUT2D eigenvalue weighted by Crippen LogP contribution is 2.31. The van der Waals surface area contributed by atoms with Gasteiger partial charge in [0.25, 0.3) is 5.91 Å². The number of hydrogen-bond donors (Lipinski definition) is 1. The number of hydrogen-bond acceptors (Lipinski definition) is 3. The number of primary amides is 1. The monoisotopic (exact) mass is 275 g/mol. The van der Waals surface area contributed by atoms with Crippen molar-refractivity contribution < 1.29 is 18.7 Å². The smallest absolute Gasteiger partial charge is 0.252 e. The van der Waals surface area contributed by atoms with Crippen molar-refractivity contribution in [3.63, 3.8) is 0 Å². The average Bonchev–Trinajstić information content (AvgIpc) is 2.41. The van der Waals surface area contributed by atoms with Crippen LogP contribution in [0.3, 0.4) is 0 Å². The third kappa shape index (κ3) is 2.88. The van der Waals surface area contributed by atoms with Crippen LogP contribution in [0.1, 0.15) is 15.9 Å². The number of carbonyl (C=O) groups excluding carboxylic acids is 1. The Bertz CT molecular complexity index is 656. The molecule has 104 valence electrons. The average molecular weight is 275 g/mol. The van der Waals surface area contributed by atoms with Gasteiger partial charge in [0, 0.05) is 6.07 Å². The molecule has 20 heavy (non-hydrogen) atoms. The summed E-state index contributed by atoms with van der Waals surface area (Å²) in [7, 11) is 1.51. The zero-order valence-electron chi connectivity index (χ0n) is 11.1. The van der Waals surface area contributed by atoms with Crippen molar-refractivity contribution in [2.24, 2.45) is 5.73 Å². The highest BCUT2D eigenvalue weighted by atomic mass is 19.1. The molecule has 2 rings (SSSR count). The molecular formula is C15H14FNO3. The van der Waals surface area contributed by atoms with E-state index in [1.54, 1.807) is 19.1 Å². The molecule has 0 atom stereocenters. The Morgan fingerprint density at radius 2 is 1.90 bits per heavy atom. The number of aryl methyl sites for hydroxylation is 1. The van der Waals surface area contributed by atoms with E-state index in [1.165, 1.54) is 31.4 Å². The molecule has 0 radical (unpaired) electrons. The van der Waals surface area contributed by atoms with Gasteiger partial charge in [0.1, 0.15) is 23.1 Å². The summed E-state index contributed by atoms with van der Waals surface area (Å²) < 4.78 is 23.8. The van der Waals surface area contributed by atoms with E-state index in [1.807, 2.05) is 0 Å². The summed E-state index contributed by atoms with van der Waals surface area (Å²) in [4.78, 5) is 11.4. The number of methoxy groups -OCH3 is 1. The van der Waals surface area contributed by atoms with Crippen molar-refractivity contribution in [3.8, 4) is 17.2 Å². The van der Waals surface area contributed by atoms with Crippen LogP contribution in [0.5, 0.6) is 17.2 Å². The third-order valence-corrected chi connectivity index (χ3v) is 2.81. The molecule has 0 spiro atoms. The minimum atomic E-state index is -0.609. The molecule has 0 heterocycles. The third-order valence-electron chi connectivity index (χ3n) is 2.81. The van der Waals surface area contributed by atoms with Crippen LogP contribution in [0.4, 0.5) is 4.39 Å². The lowest BCUT2D eigenvalue weighted by Crippen LogP contribution is -2.12. The quantitative estimate of drug-likeness (QED) is 0.932. The molecule has 0 saturated heterocycles. The van der Waals surface area contributed by atoms with Crippen molar-refractivity contribution in [1.82, 2.24) is 0 Å². The molecule has 2 N–H and O–H groups in total. The molecule has 0 aliphatic heterocycles. The molecule has 0 saturated carbocycles. The lowest BCUT2D eigenvalue weighted by Gasteiger charge is -2.12. The number of nitrogens with two attached hydrogens (primary N) is 1. The van der Waals surface area contributed by atoms with Gasteiger partial charge in [0.05, 0.1) is 12.7 Å². The molecule has 0 aliphatic carbocycles. The Kier molecular flexibility index (Phi) is 3.89. The molecule has 0 bridgehead atoms. The summed E-state index contributed by atoms with van der Waals surface area (Å²) in [6.45, 7) is 1.71. The number of benzene rings is 2. The summed E-state index contributed by atoms with van der Waals surface area (Å²) in [5.74, 6) is 0.288. The fourth-order valence-electron chi connectivity index (χ4n) is 1.76. The van der Waals surface area contributed by atoms with Gasteiger partial charge in [-0.05, 0) is 42.8 Å². The molecule has 5 heteroatoms. The molecule has 0 fully saturated rings. The topological polar surface area (TPSA) is 61.5 Å². The van der Waals surface area contributed by atoms with E-state index in [9.17, 15) is 9.18 Å². The second kappa shape index (κ2) is 5.61. The second-order valence-electron chi connectivity index (χ2n) is 4.24. The van der Waals surface area contributed by atoms with Gasteiger partial charge in [-0.1, -0.05) is 0 Å². The van der Waals surface area contributed by atoms with Gasteiger partial charge in [-0.25, -0.2) is 4.39 Å². The minimum Gasteiger partial charge on any atom is -0.497 e. The zero-order chi connectivity index (χ0) is 14.7. The number of carbonyl (C=O) groups is 1. The Morgan fingerprint density at radius 1 is 1.15 bits per heavy atom. The van der Waals surface area contributed by atoms with Crippen LogP contribution in [0.15, 0.2) is 36.4 Å². The summed E-state index contributed by atoms with van der Waals surface area (Å²) in [6, 6.07) is 8.82. The van der Waals surface area contributed by atoms with Crippen LogP contribution >= 0.6 is 0 Å². The number of halogens is 1. The van der Waals surface area contributed by atoms with E-state index in [-0.39, 0.29) is 17.1 Å². The standard InChI is InChI=1S/C15H14FNO3/c1-9-7-10(16)3-6-13(9)20-14-8-11(19-2)4-5-12(14)15(17)18/h3-8H,1-2H3,(H2,17,18). The Labute approximate surface area is 115 Å². The van der Waals surface area contributed by atoms with Crippen molar-refractivity contribution >= 4 is 5.91 Å². The first kappa shape index (κ1) is 13.9. The first-order chi connectivity index (χ1) is 9.51. The zero-order valence-corrected chi connectivity index (χ0v) is 11.1. The molecule has 0 aliphatic rings. The van der Waals surface area contributed by atoms with Crippen molar-refractivity contribution in [3.05, 3.63) is 53.3 Å². The van der Waals surface area contributed by atoms with E-state index in [0.717, 1.165) is 0 Å². The number of rotatable bonds is 4. The largest absolute Gasteiger partial charge is 0.497 e. The maximum atomic E-state index is 13.1. The van der Waals surface area contributed by atoms with Crippen molar-refractivity contribution in [1.29, 1.82) is 0 Å². The van der Waals surface area contributed by atoms with E-state index in [4.69, 9.17) is 15.2 Å². The van der Waals surface area contributed by atoms with Gasteiger partial charge >= 0.3 is 0 Å². The molecule has 2 aromatic carbocycles. The van der Waals surface area contributed by atoms with E-state index >= 15 is 0 Å². The van der Waals surface area contributed by atoms with E-state index in [2.05, 4.69) is 0 Å². The van der Waals surface area contributed by atoms with E-state index in [0.29, 0.717) is 17.1 Å². The maximum absolute atomic E-state index is 13.1. The summed E-state index contributed by atoms with van der Waals surface area (Å²) in [5, 5.41) is 0. The first-order valence-corrected chi connectivity index (χ1v) is 5.93. The van der Waals surface area contributed by atoms with Gasteiger partial charge < -0.3 is 15.2 Å². The lowest BCUT2D eigenvalue weighted by atomic mass is 10.1. The van der Waals surface area contributed by atoms with Gasteiger partial charge in [0.2, 0.25) is 0 Å². The summed E-state index contributed by atoms with van der Waals surface area (Å²) in [5.41, 5.74) is 6.15. The molecule has 0 aromatic heterocycles.